The van der Waals surface area contributed by atoms with Crippen molar-refractivity contribution in [1.29, 1.82) is 0 Å². The first-order valence-electron chi connectivity index (χ1n) is 6.03. The van der Waals surface area contributed by atoms with Crippen molar-refractivity contribution in [2.45, 2.75) is 51.1 Å². The quantitative estimate of drug-likeness (QED) is 0.756. The van der Waals surface area contributed by atoms with Crippen LogP contribution < -0.4 is 11.1 Å². The summed E-state index contributed by atoms with van der Waals surface area (Å²) in [6.07, 6.45) is 4.44. The van der Waals surface area contributed by atoms with Crippen molar-refractivity contribution in [2.75, 3.05) is 13.7 Å². The maximum absolute atomic E-state index is 11.8. The maximum atomic E-state index is 11.8. The van der Waals surface area contributed by atoms with Gasteiger partial charge in [-0.15, -0.1) is 0 Å². The molecular weight excluding hydrogens is 204 g/mol. The van der Waals surface area contributed by atoms with E-state index in [1.165, 1.54) is 12.8 Å². The normalized spacial score (nSPS) is 32.1. The summed E-state index contributed by atoms with van der Waals surface area (Å²) in [6, 6.07) is -0.554. The van der Waals surface area contributed by atoms with Gasteiger partial charge in [0.05, 0.1) is 6.61 Å². The van der Waals surface area contributed by atoms with Gasteiger partial charge in [0, 0.05) is 12.6 Å². The molecule has 1 fully saturated rings. The summed E-state index contributed by atoms with van der Waals surface area (Å²) in [6.45, 7) is 4.65. The molecule has 1 rings (SSSR count). The average molecular weight is 228 g/mol. The van der Waals surface area contributed by atoms with E-state index in [4.69, 9.17) is 10.5 Å². The van der Waals surface area contributed by atoms with Crippen molar-refractivity contribution in [1.82, 2.24) is 5.32 Å². The van der Waals surface area contributed by atoms with E-state index < -0.39 is 6.04 Å². The Morgan fingerprint density at radius 1 is 1.56 bits per heavy atom. The van der Waals surface area contributed by atoms with Crippen LogP contribution in [0.1, 0.15) is 39.5 Å². The molecule has 3 N–H and O–H groups in total. The van der Waals surface area contributed by atoms with Gasteiger partial charge in [-0.3, -0.25) is 4.79 Å². The van der Waals surface area contributed by atoms with Gasteiger partial charge < -0.3 is 15.8 Å². The first-order valence-corrected chi connectivity index (χ1v) is 6.03. The summed E-state index contributed by atoms with van der Waals surface area (Å²) < 4.78 is 4.88. The second-order valence-corrected chi connectivity index (χ2v) is 5.29. The second kappa shape index (κ2) is 5.64. The van der Waals surface area contributed by atoms with E-state index in [1.54, 1.807) is 7.11 Å². The molecule has 0 aliphatic heterocycles. The van der Waals surface area contributed by atoms with E-state index in [-0.39, 0.29) is 18.1 Å². The van der Waals surface area contributed by atoms with Gasteiger partial charge in [0.2, 0.25) is 5.91 Å². The van der Waals surface area contributed by atoms with E-state index in [1.807, 2.05) is 0 Å². The summed E-state index contributed by atoms with van der Waals surface area (Å²) in [7, 11) is 1.55. The number of nitrogens with one attached hydrogen (secondary N) is 1. The Morgan fingerprint density at radius 2 is 2.12 bits per heavy atom. The molecule has 1 atom stereocenters. The zero-order chi connectivity index (χ0) is 12.2. The molecule has 0 aromatic carbocycles. The third-order valence-corrected chi connectivity index (χ3v) is 3.49. The lowest BCUT2D eigenvalue weighted by atomic mass is 9.78. The van der Waals surface area contributed by atoms with Gasteiger partial charge in [-0.1, -0.05) is 6.92 Å². The van der Waals surface area contributed by atoms with Crippen LogP contribution in [0.3, 0.4) is 0 Å². The molecule has 0 heterocycles. The molecule has 1 saturated carbocycles. The number of hydrogen-bond donors (Lipinski definition) is 2. The van der Waals surface area contributed by atoms with Gasteiger partial charge in [0.25, 0.3) is 0 Å². The maximum Gasteiger partial charge on any atom is 0.239 e. The molecule has 0 radical (unpaired) electrons. The van der Waals surface area contributed by atoms with Crippen molar-refractivity contribution >= 4 is 5.91 Å². The fraction of sp³-hybridized carbons (Fsp3) is 0.917. The lowest BCUT2D eigenvalue weighted by Crippen LogP contribution is -2.54. The molecule has 0 saturated heterocycles. The van der Waals surface area contributed by atoms with Crippen LogP contribution in [-0.2, 0) is 9.53 Å². The Morgan fingerprint density at radius 3 is 2.62 bits per heavy atom. The minimum absolute atomic E-state index is 0.0744. The SMILES string of the molecule is COCC(N)C(=O)NC1(C)CCC(C)CC1. The smallest absolute Gasteiger partial charge is 0.239 e. The lowest BCUT2D eigenvalue weighted by molar-refractivity contribution is -0.125. The highest BCUT2D eigenvalue weighted by molar-refractivity contribution is 5.82. The van der Waals surface area contributed by atoms with Crippen LogP contribution in [0.4, 0.5) is 0 Å². The zero-order valence-corrected chi connectivity index (χ0v) is 10.6. The Kier molecular flexibility index (Phi) is 4.74. The van der Waals surface area contributed by atoms with Crippen LogP contribution in [-0.4, -0.2) is 31.2 Å². The molecule has 4 nitrogen and oxygen atoms in total. The predicted octanol–water partition coefficient (Wildman–Crippen LogP) is 1.05. The first kappa shape index (κ1) is 13.5. The van der Waals surface area contributed by atoms with E-state index in [0.29, 0.717) is 0 Å². The van der Waals surface area contributed by atoms with Crippen molar-refractivity contribution in [2.24, 2.45) is 11.7 Å². The van der Waals surface area contributed by atoms with Crippen molar-refractivity contribution < 1.29 is 9.53 Å². The van der Waals surface area contributed by atoms with Crippen LogP contribution in [0, 0.1) is 5.92 Å². The standard InChI is InChI=1S/C12H24N2O2/c1-9-4-6-12(2,7-5-9)14-11(15)10(13)8-16-3/h9-10H,4-8,13H2,1-3H3,(H,14,15). The molecule has 1 aliphatic rings. The van der Waals surface area contributed by atoms with E-state index in [9.17, 15) is 4.79 Å². The van der Waals surface area contributed by atoms with Gasteiger partial charge in [0.1, 0.15) is 6.04 Å². The largest absolute Gasteiger partial charge is 0.383 e. The van der Waals surface area contributed by atoms with Crippen LogP contribution >= 0.6 is 0 Å². The van der Waals surface area contributed by atoms with Gasteiger partial charge in [-0.25, -0.2) is 0 Å². The summed E-state index contributed by atoms with van der Waals surface area (Å²) in [5.74, 6) is 0.677. The minimum atomic E-state index is -0.554. The highest BCUT2D eigenvalue weighted by Gasteiger charge is 2.32. The molecule has 4 heteroatoms. The van der Waals surface area contributed by atoms with Crippen molar-refractivity contribution in [3.05, 3.63) is 0 Å². The third-order valence-electron chi connectivity index (χ3n) is 3.49. The molecular formula is C12H24N2O2. The molecule has 0 spiro atoms. The molecule has 16 heavy (non-hydrogen) atoms. The predicted molar refractivity (Wildman–Crippen MR) is 64.0 cm³/mol. The zero-order valence-electron chi connectivity index (χ0n) is 10.6. The number of ether oxygens (including phenoxy) is 1. The first-order chi connectivity index (χ1) is 7.47. The van der Waals surface area contributed by atoms with Gasteiger partial charge in [-0.2, -0.15) is 0 Å². The fourth-order valence-electron chi connectivity index (χ4n) is 2.17. The molecule has 1 unspecified atom stereocenters. The van der Waals surface area contributed by atoms with E-state index >= 15 is 0 Å². The number of nitrogens with two attached hydrogens (primary N) is 1. The third kappa shape index (κ3) is 3.76. The molecule has 1 amide bonds. The van der Waals surface area contributed by atoms with Crippen LogP contribution in [0.5, 0.6) is 0 Å². The topological polar surface area (TPSA) is 64.3 Å². The molecule has 0 aromatic heterocycles. The molecule has 0 aromatic rings. The van der Waals surface area contributed by atoms with Crippen molar-refractivity contribution in [3.63, 3.8) is 0 Å². The summed E-state index contributed by atoms with van der Waals surface area (Å²) in [5, 5.41) is 3.06. The Hall–Kier alpha value is -0.610. The molecule has 0 bridgehead atoms. The molecule has 1 aliphatic carbocycles. The highest BCUT2D eigenvalue weighted by atomic mass is 16.5. The Balaban J connectivity index is 2.43. The number of hydrogen-bond acceptors (Lipinski definition) is 3. The van der Waals surface area contributed by atoms with Gasteiger partial charge in [0.15, 0.2) is 0 Å². The van der Waals surface area contributed by atoms with Crippen molar-refractivity contribution in [3.8, 4) is 0 Å². The Bertz CT molecular complexity index is 235. The number of carbonyl (C=O) groups excluding carboxylic acids is 1. The number of rotatable bonds is 4. The fourth-order valence-corrected chi connectivity index (χ4v) is 2.17. The number of amides is 1. The monoisotopic (exact) mass is 228 g/mol. The van der Waals surface area contributed by atoms with Crippen LogP contribution in [0.15, 0.2) is 0 Å². The van der Waals surface area contributed by atoms with Crippen LogP contribution in [0.25, 0.3) is 0 Å². The summed E-state index contributed by atoms with van der Waals surface area (Å²) >= 11 is 0. The van der Waals surface area contributed by atoms with E-state index in [0.717, 1.165) is 18.8 Å². The van der Waals surface area contributed by atoms with Crippen LogP contribution in [0.2, 0.25) is 0 Å². The highest BCUT2D eigenvalue weighted by Crippen LogP contribution is 2.31. The number of carbonyl (C=O) groups is 1. The minimum Gasteiger partial charge on any atom is -0.383 e. The van der Waals surface area contributed by atoms with E-state index in [2.05, 4.69) is 19.2 Å². The lowest BCUT2D eigenvalue weighted by Gasteiger charge is -2.37. The van der Waals surface area contributed by atoms with Gasteiger partial charge in [-0.05, 0) is 38.5 Å². The second-order valence-electron chi connectivity index (χ2n) is 5.29. The molecule has 94 valence electrons. The van der Waals surface area contributed by atoms with Gasteiger partial charge >= 0.3 is 0 Å². The Labute approximate surface area is 97.9 Å². The average Bonchev–Trinajstić information content (AvgIpc) is 2.23. The summed E-state index contributed by atoms with van der Waals surface area (Å²) in [4.78, 5) is 11.8. The number of methoxy groups -OCH3 is 1. The summed E-state index contributed by atoms with van der Waals surface area (Å²) in [5.41, 5.74) is 5.62.